The van der Waals surface area contributed by atoms with Crippen LogP contribution in [-0.2, 0) is 26.5 Å². The zero-order chi connectivity index (χ0) is 32.3. The van der Waals surface area contributed by atoms with Crippen LogP contribution < -0.4 is 10.1 Å². The van der Waals surface area contributed by atoms with E-state index in [1.807, 2.05) is 87.5 Å². The summed E-state index contributed by atoms with van der Waals surface area (Å²) in [4.78, 5) is 9.62. The van der Waals surface area contributed by atoms with Crippen molar-refractivity contribution < 1.29 is 30.1 Å². The van der Waals surface area contributed by atoms with Gasteiger partial charge in [-0.05, 0) is 65.7 Å². The van der Waals surface area contributed by atoms with Crippen LogP contribution in [0.2, 0.25) is 0 Å². The minimum absolute atomic E-state index is 0. The molecule has 5 aromatic carbocycles. The van der Waals surface area contributed by atoms with Crippen molar-refractivity contribution in [3.05, 3.63) is 156 Å². The van der Waals surface area contributed by atoms with Gasteiger partial charge in [0.25, 0.3) is 0 Å². The fraction of sp³-hybridized carbons (Fsp3) is 0.103. The Kier molecular flexibility index (Phi) is 6.45. The number of nitrogens with zero attached hydrogens (tertiary/aromatic N) is 4. The Morgan fingerprint density at radius 1 is 0.711 bits per heavy atom. The molecular formula is C39H31N4OPt-. The van der Waals surface area contributed by atoms with Crippen molar-refractivity contribution in [2.45, 2.75) is 26.1 Å². The van der Waals surface area contributed by atoms with E-state index in [0.717, 1.165) is 55.7 Å². The second-order valence-corrected chi connectivity index (χ2v) is 11.5. The molecule has 0 fully saturated rings. The molecule has 0 amide bonds. The van der Waals surface area contributed by atoms with Gasteiger partial charge in [-0.2, -0.15) is 46.4 Å². The molecule has 5 nitrogen and oxygen atoms in total. The van der Waals surface area contributed by atoms with Crippen LogP contribution in [-0.4, -0.2) is 14.5 Å². The molecule has 224 valence electrons. The van der Waals surface area contributed by atoms with E-state index in [0.29, 0.717) is 5.82 Å². The summed E-state index contributed by atoms with van der Waals surface area (Å²) in [6.07, 6.45) is 1.56. The number of rotatable bonds is 5. The van der Waals surface area contributed by atoms with Crippen molar-refractivity contribution in [2.24, 2.45) is 0 Å². The molecule has 3 heterocycles. The Hall–Kier alpha value is -4.70. The first kappa shape index (κ1) is 25.6. The maximum Gasteiger partial charge on any atom is 0.148 e. The molecule has 8 rings (SSSR count). The predicted octanol–water partition coefficient (Wildman–Crippen LogP) is 9.54. The second-order valence-electron chi connectivity index (χ2n) is 11.5. The molecule has 1 N–H and O–H groups in total. The summed E-state index contributed by atoms with van der Waals surface area (Å²) >= 11 is 0. The number of anilines is 4. The van der Waals surface area contributed by atoms with Gasteiger partial charge in [0.2, 0.25) is 0 Å². The van der Waals surface area contributed by atoms with Crippen LogP contribution in [0.25, 0.3) is 27.6 Å². The quantitative estimate of drug-likeness (QED) is 0.129. The third kappa shape index (κ3) is 4.84. The molecule has 45 heavy (non-hydrogen) atoms. The topological polar surface area (TPSA) is 37.1 Å². The van der Waals surface area contributed by atoms with E-state index in [1.165, 1.54) is 0 Å². The number of hydrogen-bond acceptors (Lipinski definition) is 3. The SMILES string of the molecule is [2H]C([2H])([2H])c1ccnc(-n2c3[c-]c(C(C)(C)c4[c-]c(N5[OH+]N(c6ccccc6)c6ccccc65)ccc4)ccc3c3ccccc32)c1.[Pt]. The fourth-order valence-corrected chi connectivity index (χ4v) is 6.07. The van der Waals surface area contributed by atoms with Gasteiger partial charge in [-0.25, -0.2) is 4.98 Å². The van der Waals surface area contributed by atoms with Gasteiger partial charge in [0.1, 0.15) is 22.9 Å². The molecule has 0 atom stereocenters. The van der Waals surface area contributed by atoms with Crippen molar-refractivity contribution >= 4 is 44.6 Å². The standard InChI is InChI=1S/C39H30N4O.Pt/c1-27-22-23-40-38(24-27)41-34-17-8-7-16-32(34)33-21-20-29(26-37(33)41)39(2,3)28-12-11-15-31(25-28)43-36-19-10-9-18-35(36)42(44-43)30-13-5-4-6-14-30;/h4-24H,1-3H3;/q-2;/p+1/i1D3;. The third-order valence-corrected chi connectivity index (χ3v) is 8.43. The monoisotopic (exact) mass is 769 g/mol. The van der Waals surface area contributed by atoms with Crippen LogP contribution in [0.4, 0.5) is 22.7 Å². The van der Waals surface area contributed by atoms with Gasteiger partial charge >= 0.3 is 0 Å². The molecule has 0 bridgehead atoms. The second kappa shape index (κ2) is 11.3. The van der Waals surface area contributed by atoms with E-state index < -0.39 is 12.3 Å². The van der Waals surface area contributed by atoms with Crippen molar-refractivity contribution in [3.63, 3.8) is 0 Å². The number of aryl methyl sites for hydroxylation is 1. The Bertz CT molecular complexity index is 2280. The van der Waals surface area contributed by atoms with E-state index in [2.05, 4.69) is 67.4 Å². The van der Waals surface area contributed by atoms with Crippen LogP contribution in [0.1, 0.15) is 34.7 Å². The van der Waals surface area contributed by atoms with Crippen LogP contribution >= 0.6 is 0 Å². The summed E-state index contributed by atoms with van der Waals surface area (Å²) < 4.78 is 25.9. The smallest absolute Gasteiger partial charge is 0.148 e. The first-order chi connectivity index (χ1) is 22.7. The number of hydrogen-bond donors (Lipinski definition) is 0. The minimum atomic E-state index is -2.24. The number of pyridine rings is 1. The molecule has 0 unspecified atom stereocenters. The van der Waals surface area contributed by atoms with Crippen LogP contribution in [0.5, 0.6) is 0 Å². The predicted molar refractivity (Wildman–Crippen MR) is 179 cm³/mol. The molecule has 2 aromatic heterocycles. The molecule has 1 aliphatic rings. The Morgan fingerprint density at radius 2 is 1.44 bits per heavy atom. The van der Waals surface area contributed by atoms with E-state index in [4.69, 9.17) is 9.05 Å². The van der Waals surface area contributed by atoms with Gasteiger partial charge in [-0.15, -0.1) is 22.6 Å². The summed E-state index contributed by atoms with van der Waals surface area (Å²) in [6, 6.07) is 47.5. The molecular weight excluding hydrogens is 736 g/mol. The first-order valence-corrected chi connectivity index (χ1v) is 14.6. The van der Waals surface area contributed by atoms with E-state index in [-0.39, 0.29) is 26.6 Å². The molecule has 6 heteroatoms. The zero-order valence-corrected chi connectivity index (χ0v) is 26.9. The minimum Gasteiger partial charge on any atom is -0.319 e. The third-order valence-electron chi connectivity index (χ3n) is 8.43. The van der Waals surface area contributed by atoms with Crippen molar-refractivity contribution in [1.29, 1.82) is 0 Å². The number of aromatic nitrogens is 2. The number of para-hydroxylation sites is 4. The number of fused-ring (bicyclic) bond motifs is 4. The van der Waals surface area contributed by atoms with Gasteiger partial charge < -0.3 is 4.57 Å². The zero-order valence-electron chi connectivity index (χ0n) is 27.7. The van der Waals surface area contributed by atoms with Crippen molar-refractivity contribution in [2.75, 3.05) is 10.1 Å². The average molecular weight is 770 g/mol. The van der Waals surface area contributed by atoms with Gasteiger partial charge in [-0.3, -0.25) is 0 Å². The maximum absolute atomic E-state index is 7.98. The molecule has 1 aliphatic heterocycles. The summed E-state index contributed by atoms with van der Waals surface area (Å²) in [5.74, 6) is 0.543. The molecule has 7 aromatic rings. The van der Waals surface area contributed by atoms with Crippen molar-refractivity contribution in [1.82, 2.24) is 9.55 Å². The number of benzene rings is 5. The average Bonchev–Trinajstić information content (AvgIpc) is 3.65. The Morgan fingerprint density at radius 3 is 2.27 bits per heavy atom. The van der Waals surface area contributed by atoms with E-state index >= 15 is 0 Å². The summed E-state index contributed by atoms with van der Waals surface area (Å²) in [5, 5.41) is 5.97. The molecule has 0 aliphatic carbocycles. The van der Waals surface area contributed by atoms with E-state index in [1.54, 1.807) is 18.3 Å². The van der Waals surface area contributed by atoms with Crippen LogP contribution in [0.3, 0.4) is 0 Å². The van der Waals surface area contributed by atoms with Crippen LogP contribution in [0, 0.1) is 19.0 Å². The summed E-state index contributed by atoms with van der Waals surface area (Å²) in [7, 11) is 0. The Labute approximate surface area is 281 Å². The Balaban J connectivity index is 0.00000364. The van der Waals surface area contributed by atoms with Gasteiger partial charge in [0.05, 0.1) is 0 Å². The van der Waals surface area contributed by atoms with E-state index in [9.17, 15) is 0 Å². The molecule has 0 spiro atoms. The summed E-state index contributed by atoms with van der Waals surface area (Å²) in [5.41, 5.74) is 7.29. The molecule has 0 saturated carbocycles. The molecule has 0 saturated heterocycles. The largest absolute Gasteiger partial charge is 0.319 e. The van der Waals surface area contributed by atoms with Crippen LogP contribution in [0.15, 0.2) is 128 Å². The normalized spacial score (nSPS) is 14.1. The van der Waals surface area contributed by atoms with Gasteiger partial charge in [0.15, 0.2) is 0 Å². The maximum atomic E-state index is 7.98. The molecule has 0 radical (unpaired) electrons. The summed E-state index contributed by atoms with van der Waals surface area (Å²) in [6.45, 7) is 2.10. The fourth-order valence-electron chi connectivity index (χ4n) is 6.07. The van der Waals surface area contributed by atoms with Gasteiger partial charge in [-0.1, -0.05) is 73.0 Å². The van der Waals surface area contributed by atoms with Gasteiger partial charge in [0, 0.05) is 42.6 Å². The van der Waals surface area contributed by atoms with Crippen molar-refractivity contribution in [3.8, 4) is 5.82 Å². The first-order valence-electron chi connectivity index (χ1n) is 16.1.